The number of benzene rings is 6. The Morgan fingerprint density at radius 3 is 1.41 bits per heavy atom. The van der Waals surface area contributed by atoms with E-state index in [1.54, 1.807) is 18.2 Å². The quantitative estimate of drug-likeness (QED) is 0.119. The summed E-state index contributed by atoms with van der Waals surface area (Å²) in [7, 11) is 0. The third-order valence-corrected chi connectivity index (χ3v) is 9.11. The van der Waals surface area contributed by atoms with Gasteiger partial charge in [-0.05, 0) is 95.1 Å². The van der Waals surface area contributed by atoms with Crippen LogP contribution in [0.3, 0.4) is 0 Å². The predicted molar refractivity (Wildman–Crippen MR) is 220 cm³/mol. The monoisotopic (exact) mass is 792 g/mol. The van der Waals surface area contributed by atoms with Crippen molar-refractivity contribution in [1.82, 2.24) is 16.0 Å². The van der Waals surface area contributed by atoms with Gasteiger partial charge in [0.1, 0.15) is 23.3 Å². The summed E-state index contributed by atoms with van der Waals surface area (Å²) in [6.07, 6.45) is 0. The molecule has 2 aliphatic heterocycles. The fourth-order valence-corrected chi connectivity index (χ4v) is 5.91. The fourth-order valence-electron chi connectivity index (χ4n) is 5.91. The van der Waals surface area contributed by atoms with E-state index >= 15 is 0 Å². The Balaban J connectivity index is 0.000000171. The van der Waals surface area contributed by atoms with Crippen LogP contribution >= 0.6 is 0 Å². The zero-order valence-electron chi connectivity index (χ0n) is 31.5. The van der Waals surface area contributed by atoms with Gasteiger partial charge >= 0.3 is 5.97 Å². The van der Waals surface area contributed by atoms with E-state index < -0.39 is 23.5 Å². The normalized spacial score (nSPS) is 11.8. The lowest BCUT2D eigenvalue weighted by molar-refractivity contribution is 0.0696. The number of carboxylic acids is 1. The second-order valence-corrected chi connectivity index (χ2v) is 13.2. The van der Waals surface area contributed by atoms with E-state index in [-0.39, 0.29) is 17.4 Å². The molecule has 0 atom stereocenters. The number of aliphatic imine (C=N–C) groups is 2. The summed E-state index contributed by atoms with van der Waals surface area (Å²) in [6, 6.07) is 40.0. The first-order valence-electron chi connectivity index (χ1n) is 18.4. The average Bonchev–Trinajstić information content (AvgIpc) is 3.87. The molecule has 6 N–H and O–H groups in total. The molecule has 296 valence electrons. The molecule has 0 bridgehead atoms. The van der Waals surface area contributed by atoms with E-state index in [0.29, 0.717) is 65.7 Å². The number of halogens is 2. The molecular formula is C46H38F2N6O5. The van der Waals surface area contributed by atoms with Crippen LogP contribution in [0.1, 0.15) is 74.8 Å². The van der Waals surface area contributed by atoms with Crippen LogP contribution < -0.4 is 21.7 Å². The summed E-state index contributed by atoms with van der Waals surface area (Å²) in [4.78, 5) is 56.6. The number of nitrogens with two attached hydrogens (primary N) is 1. The van der Waals surface area contributed by atoms with Crippen LogP contribution in [0.2, 0.25) is 0 Å². The van der Waals surface area contributed by atoms with E-state index in [4.69, 9.17) is 10.8 Å². The van der Waals surface area contributed by atoms with Gasteiger partial charge in [-0.3, -0.25) is 24.4 Å². The number of hydrogen-bond donors (Lipinski definition) is 5. The van der Waals surface area contributed by atoms with Gasteiger partial charge in [0.2, 0.25) is 0 Å². The lowest BCUT2D eigenvalue weighted by Crippen LogP contribution is -2.30. The van der Waals surface area contributed by atoms with E-state index in [9.17, 15) is 28.0 Å². The summed E-state index contributed by atoms with van der Waals surface area (Å²) in [5, 5.41) is 17.3. The van der Waals surface area contributed by atoms with E-state index in [0.717, 1.165) is 16.7 Å². The SMILES string of the molecule is NCc1ccccc1.O=C(NCc1ccccc1)c1ccc2c(c1)C(NC(=O)c1ccc(F)cc1)=NC2.O=C(O)c1ccc2c(c1)C(NC(=O)c1ccc(F)cc1)=NC2. The lowest BCUT2D eigenvalue weighted by atomic mass is 10.0. The van der Waals surface area contributed by atoms with Crippen LogP contribution in [0.5, 0.6) is 0 Å². The number of amides is 3. The predicted octanol–water partition coefficient (Wildman–Crippen LogP) is 6.81. The molecule has 13 heteroatoms. The molecule has 11 nitrogen and oxygen atoms in total. The maximum atomic E-state index is 13.1. The Bertz CT molecular complexity index is 2530. The van der Waals surface area contributed by atoms with Crippen molar-refractivity contribution < 1.29 is 33.1 Å². The third-order valence-electron chi connectivity index (χ3n) is 9.11. The Hall–Kier alpha value is -7.64. The number of carbonyl (C=O) groups excluding carboxylic acids is 3. The van der Waals surface area contributed by atoms with Crippen molar-refractivity contribution >= 4 is 35.4 Å². The molecule has 2 aliphatic rings. The lowest BCUT2D eigenvalue weighted by Gasteiger charge is -2.09. The van der Waals surface area contributed by atoms with Gasteiger partial charge in [-0.1, -0.05) is 72.8 Å². The van der Waals surface area contributed by atoms with E-state index in [2.05, 4.69) is 25.9 Å². The van der Waals surface area contributed by atoms with Crippen LogP contribution in [0.25, 0.3) is 0 Å². The number of amidine groups is 2. The van der Waals surface area contributed by atoms with Gasteiger partial charge in [0.25, 0.3) is 17.7 Å². The molecule has 6 aromatic rings. The van der Waals surface area contributed by atoms with E-state index in [1.807, 2.05) is 66.7 Å². The molecular weight excluding hydrogens is 755 g/mol. The smallest absolute Gasteiger partial charge is 0.335 e. The highest BCUT2D eigenvalue weighted by Gasteiger charge is 2.22. The number of hydrogen-bond acceptors (Lipinski definition) is 7. The van der Waals surface area contributed by atoms with Gasteiger partial charge in [0.05, 0.1) is 18.7 Å². The zero-order valence-corrected chi connectivity index (χ0v) is 31.5. The Morgan fingerprint density at radius 2 is 0.966 bits per heavy atom. The topological polar surface area (TPSA) is 175 Å². The highest BCUT2D eigenvalue weighted by atomic mass is 19.1. The highest BCUT2D eigenvalue weighted by molar-refractivity contribution is 6.15. The first-order valence-corrected chi connectivity index (χ1v) is 18.4. The second-order valence-electron chi connectivity index (χ2n) is 13.2. The first-order chi connectivity index (χ1) is 28.6. The number of fused-ring (bicyclic) bond motifs is 2. The molecule has 8 rings (SSSR count). The Kier molecular flexibility index (Phi) is 13.5. The third kappa shape index (κ3) is 11.0. The number of carboxylic acid groups (broad SMARTS) is 1. The standard InChI is InChI=1S/C23H18FN3O2.C16H11FN2O3.C7H9N/c24-19-10-8-16(9-11-19)23(29)27-21-20-12-17(6-7-18(20)14-25-21)22(28)26-13-15-4-2-1-3-5-15;17-12-5-3-9(4-6-12)15(20)19-14-13-7-10(16(21)22)1-2-11(13)8-18-14;8-6-7-4-2-1-3-5-7/h1-12H,13-14H2,(H,26,28)(H,25,27,29);1-7H,8H2,(H,21,22)(H,18,19,20);1-5H,6,8H2. The minimum absolute atomic E-state index is 0.129. The van der Waals surface area contributed by atoms with Crippen molar-refractivity contribution in [3.8, 4) is 0 Å². The zero-order chi connectivity index (χ0) is 41.7. The Morgan fingerprint density at radius 1 is 0.542 bits per heavy atom. The van der Waals surface area contributed by atoms with Crippen molar-refractivity contribution in [2.45, 2.75) is 26.2 Å². The van der Waals surface area contributed by atoms with Crippen LogP contribution in [0.15, 0.2) is 156 Å². The molecule has 0 aromatic heterocycles. The molecule has 0 saturated carbocycles. The summed E-state index contributed by atoms with van der Waals surface area (Å²) < 4.78 is 25.9. The molecule has 2 heterocycles. The average molecular weight is 793 g/mol. The number of aromatic carboxylic acids is 1. The summed E-state index contributed by atoms with van der Waals surface area (Å²) in [5.41, 5.74) is 11.9. The van der Waals surface area contributed by atoms with Crippen LogP contribution in [-0.2, 0) is 26.2 Å². The molecule has 0 saturated heterocycles. The van der Waals surface area contributed by atoms with E-state index in [1.165, 1.54) is 66.2 Å². The fraction of sp³-hybridized carbons (Fsp3) is 0.0870. The number of nitrogens with one attached hydrogen (secondary N) is 3. The van der Waals surface area contributed by atoms with Crippen LogP contribution in [0, 0.1) is 11.6 Å². The van der Waals surface area contributed by atoms with Gasteiger partial charge in [0.15, 0.2) is 0 Å². The molecule has 6 aromatic carbocycles. The second kappa shape index (κ2) is 19.5. The molecule has 3 amide bonds. The number of nitrogens with zero attached hydrogens (tertiary/aromatic N) is 2. The van der Waals surface area contributed by atoms with Crippen LogP contribution in [-0.4, -0.2) is 40.5 Å². The van der Waals surface area contributed by atoms with Gasteiger partial charge in [0, 0.05) is 40.9 Å². The molecule has 0 spiro atoms. The number of carbonyl (C=O) groups is 4. The van der Waals surface area contributed by atoms with Crippen molar-refractivity contribution in [1.29, 1.82) is 0 Å². The van der Waals surface area contributed by atoms with Crippen molar-refractivity contribution in [3.63, 3.8) is 0 Å². The summed E-state index contributed by atoms with van der Waals surface area (Å²) in [6.45, 7) is 1.88. The van der Waals surface area contributed by atoms with Crippen molar-refractivity contribution in [2.75, 3.05) is 0 Å². The van der Waals surface area contributed by atoms with Gasteiger partial charge in [-0.25, -0.2) is 13.6 Å². The first kappa shape index (κ1) is 41.0. The molecule has 0 fully saturated rings. The maximum Gasteiger partial charge on any atom is 0.335 e. The van der Waals surface area contributed by atoms with Crippen molar-refractivity contribution in [2.24, 2.45) is 15.7 Å². The maximum absolute atomic E-state index is 13.1. The van der Waals surface area contributed by atoms with Gasteiger partial charge < -0.3 is 26.8 Å². The highest BCUT2D eigenvalue weighted by Crippen LogP contribution is 2.21. The number of rotatable bonds is 7. The van der Waals surface area contributed by atoms with Gasteiger partial charge in [-0.2, -0.15) is 0 Å². The molecule has 0 radical (unpaired) electrons. The summed E-state index contributed by atoms with van der Waals surface area (Å²) >= 11 is 0. The summed E-state index contributed by atoms with van der Waals surface area (Å²) in [5.74, 6) is -2.14. The minimum atomic E-state index is -1.04. The molecule has 59 heavy (non-hydrogen) atoms. The minimum Gasteiger partial charge on any atom is -0.478 e. The molecule has 0 unspecified atom stereocenters. The van der Waals surface area contributed by atoms with Crippen LogP contribution in [0.4, 0.5) is 8.78 Å². The van der Waals surface area contributed by atoms with Crippen molar-refractivity contribution in [3.05, 3.63) is 213 Å². The van der Waals surface area contributed by atoms with Gasteiger partial charge in [-0.15, -0.1) is 0 Å². The Labute approximate surface area is 338 Å². The molecule has 0 aliphatic carbocycles. The largest absolute Gasteiger partial charge is 0.478 e.